The van der Waals surface area contributed by atoms with Crippen LogP contribution in [0, 0.1) is 0 Å². The number of halogens is 1. The van der Waals surface area contributed by atoms with Gasteiger partial charge in [-0.3, -0.25) is 4.98 Å². The summed E-state index contributed by atoms with van der Waals surface area (Å²) in [7, 11) is 3.26. The van der Waals surface area contributed by atoms with Crippen molar-refractivity contribution in [2.45, 2.75) is 6.54 Å². The smallest absolute Gasteiger partial charge is 0.146 e. The van der Waals surface area contributed by atoms with Gasteiger partial charge in [-0.05, 0) is 28.1 Å². The molecule has 1 N–H and O–H groups in total. The average molecular weight is 324 g/mol. The van der Waals surface area contributed by atoms with E-state index in [2.05, 4.69) is 31.2 Å². The molecule has 0 aliphatic rings. The van der Waals surface area contributed by atoms with Gasteiger partial charge in [-0.25, -0.2) is 4.98 Å². The van der Waals surface area contributed by atoms with Gasteiger partial charge in [0.2, 0.25) is 0 Å². The minimum absolute atomic E-state index is 0.596. The van der Waals surface area contributed by atoms with E-state index in [4.69, 9.17) is 9.47 Å². The molecule has 0 spiro atoms. The highest BCUT2D eigenvalue weighted by molar-refractivity contribution is 9.10. The summed E-state index contributed by atoms with van der Waals surface area (Å²) in [4.78, 5) is 8.30. The summed E-state index contributed by atoms with van der Waals surface area (Å²) in [5, 5.41) is 3.19. The molecule has 0 fully saturated rings. The molecule has 0 atom stereocenters. The molecule has 19 heavy (non-hydrogen) atoms. The Morgan fingerprint density at radius 3 is 2.74 bits per heavy atom. The Hall–Kier alpha value is -1.82. The van der Waals surface area contributed by atoms with Crippen molar-refractivity contribution >= 4 is 21.7 Å². The van der Waals surface area contributed by atoms with E-state index >= 15 is 0 Å². The summed E-state index contributed by atoms with van der Waals surface area (Å²) in [6.07, 6.45) is 3.31. The number of hydrogen-bond acceptors (Lipinski definition) is 5. The Balaban J connectivity index is 2.11. The lowest BCUT2D eigenvalue weighted by Gasteiger charge is -2.11. The summed E-state index contributed by atoms with van der Waals surface area (Å²) < 4.78 is 11.2. The molecule has 0 aliphatic heterocycles. The number of nitrogens with one attached hydrogen (secondary N) is 1. The molecule has 2 rings (SSSR count). The van der Waals surface area contributed by atoms with Gasteiger partial charge in [0.1, 0.15) is 21.9 Å². The lowest BCUT2D eigenvalue weighted by atomic mass is 10.2. The van der Waals surface area contributed by atoms with Crippen molar-refractivity contribution in [2.24, 2.45) is 0 Å². The fourth-order valence-corrected chi connectivity index (χ4v) is 1.92. The Morgan fingerprint density at radius 2 is 2.05 bits per heavy atom. The van der Waals surface area contributed by atoms with E-state index in [9.17, 15) is 0 Å². The first-order valence-electron chi connectivity index (χ1n) is 5.65. The first kappa shape index (κ1) is 13.6. The molecule has 6 heteroatoms. The molecule has 0 saturated heterocycles. The fraction of sp³-hybridized carbons (Fsp3) is 0.231. The van der Waals surface area contributed by atoms with Crippen LogP contribution in [0.3, 0.4) is 0 Å². The van der Waals surface area contributed by atoms with Crippen molar-refractivity contribution < 1.29 is 9.47 Å². The highest BCUT2D eigenvalue weighted by Crippen LogP contribution is 2.25. The van der Waals surface area contributed by atoms with Gasteiger partial charge in [0, 0.05) is 18.2 Å². The predicted octanol–water partition coefficient (Wildman–Crippen LogP) is 2.87. The highest BCUT2D eigenvalue weighted by atomic mass is 79.9. The van der Waals surface area contributed by atoms with Crippen LogP contribution in [0.15, 0.2) is 35.2 Å². The van der Waals surface area contributed by atoms with Crippen molar-refractivity contribution in [1.82, 2.24) is 9.97 Å². The van der Waals surface area contributed by atoms with Crippen molar-refractivity contribution in [3.05, 3.63) is 40.8 Å². The van der Waals surface area contributed by atoms with E-state index in [0.29, 0.717) is 17.0 Å². The van der Waals surface area contributed by atoms with Crippen LogP contribution in [0.4, 0.5) is 5.82 Å². The second kappa shape index (κ2) is 6.38. The summed E-state index contributed by atoms with van der Waals surface area (Å²) in [6.45, 7) is 0.596. The third-order valence-electron chi connectivity index (χ3n) is 2.56. The zero-order chi connectivity index (χ0) is 13.7. The molecule has 1 aromatic carbocycles. The molecular formula is C13H14BrN3O2. The van der Waals surface area contributed by atoms with E-state index in [1.807, 2.05) is 18.2 Å². The lowest BCUT2D eigenvalue weighted by molar-refractivity contribution is 0.391. The number of hydrogen-bond donors (Lipinski definition) is 1. The molecule has 5 nitrogen and oxygen atoms in total. The van der Waals surface area contributed by atoms with Crippen LogP contribution in [0.2, 0.25) is 0 Å². The molecule has 0 radical (unpaired) electrons. The van der Waals surface area contributed by atoms with Crippen LogP contribution >= 0.6 is 15.9 Å². The third-order valence-corrected chi connectivity index (χ3v) is 2.94. The van der Waals surface area contributed by atoms with Gasteiger partial charge in [0.05, 0.1) is 26.6 Å². The van der Waals surface area contributed by atoms with Gasteiger partial charge in [-0.15, -0.1) is 0 Å². The quantitative estimate of drug-likeness (QED) is 0.916. The molecule has 0 bridgehead atoms. The standard InChI is InChI=1S/C13H14BrN3O2/c1-18-10-4-3-9(11(5-10)19-2)6-16-13-8-15-7-12(14)17-13/h3-5,7-8H,6H2,1-2H3,(H,16,17). The number of anilines is 1. The van der Waals surface area contributed by atoms with Crippen LogP contribution in [-0.4, -0.2) is 24.2 Å². The summed E-state index contributed by atoms with van der Waals surface area (Å²) in [6, 6.07) is 5.70. The first-order chi connectivity index (χ1) is 9.22. The van der Waals surface area contributed by atoms with E-state index in [-0.39, 0.29) is 0 Å². The van der Waals surface area contributed by atoms with Crippen molar-refractivity contribution in [3.63, 3.8) is 0 Å². The summed E-state index contributed by atoms with van der Waals surface area (Å²) in [5.74, 6) is 2.24. The number of benzene rings is 1. The van der Waals surface area contributed by atoms with Crippen LogP contribution < -0.4 is 14.8 Å². The zero-order valence-corrected chi connectivity index (χ0v) is 12.3. The van der Waals surface area contributed by atoms with Gasteiger partial charge in [-0.1, -0.05) is 0 Å². The van der Waals surface area contributed by atoms with E-state index in [1.54, 1.807) is 26.6 Å². The second-order valence-corrected chi connectivity index (χ2v) is 4.57. The van der Waals surface area contributed by atoms with Crippen molar-refractivity contribution in [2.75, 3.05) is 19.5 Å². The predicted molar refractivity (Wildman–Crippen MR) is 76.6 cm³/mol. The second-order valence-electron chi connectivity index (χ2n) is 3.76. The average Bonchev–Trinajstić information content (AvgIpc) is 2.45. The third kappa shape index (κ3) is 3.57. The maximum absolute atomic E-state index is 5.33. The van der Waals surface area contributed by atoms with Crippen LogP contribution in [0.5, 0.6) is 11.5 Å². The van der Waals surface area contributed by atoms with Crippen molar-refractivity contribution in [1.29, 1.82) is 0 Å². The molecule has 2 aromatic rings. The van der Waals surface area contributed by atoms with Crippen LogP contribution in [0.1, 0.15) is 5.56 Å². The van der Waals surface area contributed by atoms with Gasteiger partial charge >= 0.3 is 0 Å². The summed E-state index contributed by atoms with van der Waals surface area (Å²) in [5.41, 5.74) is 1.02. The number of rotatable bonds is 5. The Bertz CT molecular complexity index is 563. The monoisotopic (exact) mass is 323 g/mol. The summed E-state index contributed by atoms with van der Waals surface area (Å²) >= 11 is 3.28. The number of methoxy groups -OCH3 is 2. The van der Waals surface area contributed by atoms with E-state index in [1.165, 1.54) is 0 Å². The van der Waals surface area contributed by atoms with Gasteiger partial charge in [0.15, 0.2) is 0 Å². The minimum atomic E-state index is 0.596. The van der Waals surface area contributed by atoms with Gasteiger partial charge < -0.3 is 14.8 Å². The minimum Gasteiger partial charge on any atom is -0.497 e. The molecule has 0 aliphatic carbocycles. The zero-order valence-electron chi connectivity index (χ0n) is 10.7. The maximum Gasteiger partial charge on any atom is 0.146 e. The topological polar surface area (TPSA) is 56.3 Å². The lowest BCUT2D eigenvalue weighted by Crippen LogP contribution is -2.04. The molecule has 1 heterocycles. The molecular weight excluding hydrogens is 310 g/mol. The largest absolute Gasteiger partial charge is 0.497 e. The SMILES string of the molecule is COc1ccc(CNc2cncc(Br)n2)c(OC)c1. The molecule has 0 amide bonds. The first-order valence-corrected chi connectivity index (χ1v) is 6.44. The van der Waals surface area contributed by atoms with Gasteiger partial charge in [0.25, 0.3) is 0 Å². The highest BCUT2D eigenvalue weighted by Gasteiger charge is 2.05. The number of ether oxygens (including phenoxy) is 2. The molecule has 0 saturated carbocycles. The normalized spacial score (nSPS) is 10.1. The van der Waals surface area contributed by atoms with E-state index < -0.39 is 0 Å². The molecule has 1 aromatic heterocycles. The Morgan fingerprint density at radius 1 is 1.21 bits per heavy atom. The van der Waals surface area contributed by atoms with E-state index in [0.717, 1.165) is 17.1 Å². The fourth-order valence-electron chi connectivity index (χ4n) is 1.61. The van der Waals surface area contributed by atoms with Crippen molar-refractivity contribution in [3.8, 4) is 11.5 Å². The van der Waals surface area contributed by atoms with Crippen LogP contribution in [-0.2, 0) is 6.54 Å². The Kier molecular flexibility index (Phi) is 4.57. The maximum atomic E-state index is 5.33. The molecule has 100 valence electrons. The van der Waals surface area contributed by atoms with Crippen LogP contribution in [0.25, 0.3) is 0 Å². The number of aromatic nitrogens is 2. The number of nitrogens with zero attached hydrogens (tertiary/aromatic N) is 2. The Labute approximate surface area is 120 Å². The molecule has 0 unspecified atom stereocenters. The van der Waals surface area contributed by atoms with Gasteiger partial charge in [-0.2, -0.15) is 0 Å².